The summed E-state index contributed by atoms with van der Waals surface area (Å²) in [4.78, 5) is 11.0. The quantitative estimate of drug-likeness (QED) is 0.823. The predicted octanol–water partition coefficient (Wildman–Crippen LogP) is 2.55. The Balaban J connectivity index is 2.67. The smallest absolute Gasteiger partial charge is 0.320 e. The summed E-state index contributed by atoms with van der Waals surface area (Å²) in [6.45, 7) is 3.93. The molecule has 2 N–H and O–H groups in total. The number of nitrogens with one attached hydrogen (secondary N) is 1. The lowest BCUT2D eigenvalue weighted by Crippen LogP contribution is -2.41. The number of hydrogen-bond donors (Lipinski definition) is 2. The van der Waals surface area contributed by atoms with Crippen molar-refractivity contribution >= 4 is 5.97 Å². The third-order valence-corrected chi connectivity index (χ3v) is 2.99. The van der Waals surface area contributed by atoms with E-state index in [4.69, 9.17) is 5.11 Å². The minimum absolute atomic E-state index is 0.0344. The molecule has 2 atom stereocenters. The SMILES string of the molecule is CC[C@H](C)[C@H](NCc1ccc(F)c(F)c1)C(=O)O. The Morgan fingerprint density at radius 1 is 1.39 bits per heavy atom. The van der Waals surface area contributed by atoms with Gasteiger partial charge < -0.3 is 10.4 Å². The van der Waals surface area contributed by atoms with E-state index in [0.29, 0.717) is 5.56 Å². The van der Waals surface area contributed by atoms with Crippen molar-refractivity contribution in [3.8, 4) is 0 Å². The number of hydrogen-bond acceptors (Lipinski definition) is 2. The Bertz CT molecular complexity index is 423. The van der Waals surface area contributed by atoms with Gasteiger partial charge in [0.05, 0.1) is 0 Å². The molecule has 0 aromatic heterocycles. The topological polar surface area (TPSA) is 49.3 Å². The Morgan fingerprint density at radius 2 is 2.06 bits per heavy atom. The summed E-state index contributed by atoms with van der Waals surface area (Å²) >= 11 is 0. The van der Waals surface area contributed by atoms with Crippen molar-refractivity contribution in [2.24, 2.45) is 5.92 Å². The number of rotatable bonds is 6. The van der Waals surface area contributed by atoms with Crippen molar-refractivity contribution in [1.29, 1.82) is 0 Å². The number of carbonyl (C=O) groups is 1. The van der Waals surface area contributed by atoms with Crippen LogP contribution in [-0.2, 0) is 11.3 Å². The lowest BCUT2D eigenvalue weighted by Gasteiger charge is -2.20. The third kappa shape index (κ3) is 3.77. The number of halogens is 2. The highest BCUT2D eigenvalue weighted by Crippen LogP contribution is 2.11. The van der Waals surface area contributed by atoms with Crippen molar-refractivity contribution in [2.75, 3.05) is 0 Å². The van der Waals surface area contributed by atoms with Gasteiger partial charge in [-0.25, -0.2) is 8.78 Å². The van der Waals surface area contributed by atoms with Gasteiger partial charge in [0, 0.05) is 6.54 Å². The lowest BCUT2D eigenvalue weighted by molar-refractivity contribution is -0.140. The highest BCUT2D eigenvalue weighted by atomic mass is 19.2. The van der Waals surface area contributed by atoms with E-state index in [-0.39, 0.29) is 12.5 Å². The van der Waals surface area contributed by atoms with Crippen LogP contribution in [0.2, 0.25) is 0 Å². The Morgan fingerprint density at radius 3 is 2.56 bits per heavy atom. The van der Waals surface area contributed by atoms with Crippen molar-refractivity contribution < 1.29 is 18.7 Å². The van der Waals surface area contributed by atoms with Gasteiger partial charge in [0.15, 0.2) is 11.6 Å². The molecule has 0 aliphatic carbocycles. The summed E-state index contributed by atoms with van der Waals surface area (Å²) in [7, 11) is 0. The molecule has 100 valence electrons. The normalized spacial score (nSPS) is 14.2. The molecule has 3 nitrogen and oxygen atoms in total. The van der Waals surface area contributed by atoms with Crippen LogP contribution < -0.4 is 5.32 Å². The van der Waals surface area contributed by atoms with Gasteiger partial charge in [0.1, 0.15) is 6.04 Å². The first-order valence-electron chi connectivity index (χ1n) is 5.85. The molecule has 1 aromatic carbocycles. The summed E-state index contributed by atoms with van der Waals surface area (Å²) in [5.74, 6) is -2.81. The monoisotopic (exact) mass is 257 g/mol. The largest absolute Gasteiger partial charge is 0.480 e. The summed E-state index contributed by atoms with van der Waals surface area (Å²) < 4.78 is 25.7. The molecule has 0 bridgehead atoms. The Hall–Kier alpha value is -1.49. The minimum Gasteiger partial charge on any atom is -0.480 e. The first kappa shape index (κ1) is 14.6. The van der Waals surface area contributed by atoms with Gasteiger partial charge in [0.25, 0.3) is 0 Å². The molecular weight excluding hydrogens is 240 g/mol. The van der Waals surface area contributed by atoms with Crippen molar-refractivity contribution in [3.05, 3.63) is 35.4 Å². The average molecular weight is 257 g/mol. The van der Waals surface area contributed by atoms with Crippen LogP contribution in [0.5, 0.6) is 0 Å². The summed E-state index contributed by atoms with van der Waals surface area (Å²) in [6, 6.07) is 2.84. The van der Waals surface area contributed by atoms with E-state index in [1.807, 2.05) is 13.8 Å². The molecule has 1 rings (SSSR count). The number of aliphatic carboxylic acids is 1. The maximum atomic E-state index is 13.0. The standard InChI is InChI=1S/C13H17F2NO2/c1-3-8(2)12(13(17)18)16-7-9-4-5-10(14)11(15)6-9/h4-6,8,12,16H,3,7H2,1-2H3,(H,17,18)/t8-,12-/m0/s1. The van der Waals surface area contributed by atoms with Gasteiger partial charge in [-0.05, 0) is 23.6 Å². The molecule has 0 amide bonds. The number of carboxylic acid groups (broad SMARTS) is 1. The van der Waals surface area contributed by atoms with Crippen LogP contribution in [0, 0.1) is 17.6 Å². The maximum absolute atomic E-state index is 13.0. The van der Waals surface area contributed by atoms with E-state index in [1.54, 1.807) is 0 Å². The van der Waals surface area contributed by atoms with Crippen LogP contribution in [0.4, 0.5) is 8.78 Å². The molecule has 0 spiro atoms. The highest BCUT2D eigenvalue weighted by molar-refractivity contribution is 5.73. The van der Waals surface area contributed by atoms with E-state index in [1.165, 1.54) is 6.07 Å². The molecule has 0 aliphatic heterocycles. The number of benzene rings is 1. The molecule has 0 saturated heterocycles. The van der Waals surface area contributed by atoms with Gasteiger partial charge in [-0.1, -0.05) is 26.3 Å². The summed E-state index contributed by atoms with van der Waals surface area (Å²) in [6.07, 6.45) is 0.724. The van der Waals surface area contributed by atoms with E-state index in [0.717, 1.165) is 18.6 Å². The predicted molar refractivity (Wildman–Crippen MR) is 64.1 cm³/mol. The van der Waals surface area contributed by atoms with Crippen LogP contribution in [0.15, 0.2) is 18.2 Å². The van der Waals surface area contributed by atoms with Crippen LogP contribution >= 0.6 is 0 Å². The van der Waals surface area contributed by atoms with Gasteiger partial charge in [0.2, 0.25) is 0 Å². The zero-order chi connectivity index (χ0) is 13.7. The fourth-order valence-corrected chi connectivity index (χ4v) is 1.64. The van der Waals surface area contributed by atoms with Crippen molar-refractivity contribution in [3.63, 3.8) is 0 Å². The second-order valence-corrected chi connectivity index (χ2v) is 4.33. The molecule has 0 unspecified atom stereocenters. The lowest BCUT2D eigenvalue weighted by atomic mass is 9.99. The van der Waals surface area contributed by atoms with Gasteiger partial charge in [-0.2, -0.15) is 0 Å². The van der Waals surface area contributed by atoms with Crippen LogP contribution in [-0.4, -0.2) is 17.1 Å². The van der Waals surface area contributed by atoms with E-state index < -0.39 is 23.6 Å². The van der Waals surface area contributed by atoms with E-state index in [9.17, 15) is 13.6 Å². The van der Waals surface area contributed by atoms with Crippen LogP contribution in [0.1, 0.15) is 25.8 Å². The van der Waals surface area contributed by atoms with E-state index >= 15 is 0 Å². The zero-order valence-corrected chi connectivity index (χ0v) is 10.4. The molecule has 1 aromatic rings. The molecular formula is C13H17F2NO2. The first-order chi connectivity index (χ1) is 8.45. The molecule has 18 heavy (non-hydrogen) atoms. The second kappa shape index (κ2) is 6.44. The Kier molecular flexibility index (Phi) is 5.22. The summed E-state index contributed by atoms with van der Waals surface area (Å²) in [5, 5.41) is 11.9. The van der Waals surface area contributed by atoms with Crippen LogP contribution in [0.25, 0.3) is 0 Å². The molecule has 0 fully saturated rings. The van der Waals surface area contributed by atoms with Crippen LogP contribution in [0.3, 0.4) is 0 Å². The van der Waals surface area contributed by atoms with Gasteiger partial charge in [-0.3, -0.25) is 4.79 Å². The third-order valence-electron chi connectivity index (χ3n) is 2.99. The fourth-order valence-electron chi connectivity index (χ4n) is 1.64. The summed E-state index contributed by atoms with van der Waals surface area (Å²) in [5.41, 5.74) is 0.517. The average Bonchev–Trinajstić information content (AvgIpc) is 2.33. The first-order valence-corrected chi connectivity index (χ1v) is 5.85. The molecule has 5 heteroatoms. The maximum Gasteiger partial charge on any atom is 0.320 e. The number of carboxylic acids is 1. The molecule has 0 saturated carbocycles. The fraction of sp³-hybridized carbons (Fsp3) is 0.462. The molecule has 0 heterocycles. The van der Waals surface area contributed by atoms with Crippen molar-refractivity contribution in [1.82, 2.24) is 5.32 Å². The van der Waals surface area contributed by atoms with E-state index in [2.05, 4.69) is 5.32 Å². The molecule has 0 radical (unpaired) electrons. The second-order valence-electron chi connectivity index (χ2n) is 4.33. The minimum atomic E-state index is -0.938. The van der Waals surface area contributed by atoms with Crippen molar-refractivity contribution in [2.45, 2.75) is 32.9 Å². The van der Waals surface area contributed by atoms with Gasteiger partial charge >= 0.3 is 5.97 Å². The Labute approximate surface area is 105 Å². The highest BCUT2D eigenvalue weighted by Gasteiger charge is 2.22. The molecule has 0 aliphatic rings. The van der Waals surface area contributed by atoms with Gasteiger partial charge in [-0.15, -0.1) is 0 Å². The zero-order valence-electron chi connectivity index (χ0n) is 10.4.